The van der Waals surface area contributed by atoms with Crippen molar-refractivity contribution in [2.45, 2.75) is 45.7 Å². The predicted molar refractivity (Wildman–Crippen MR) is 69.7 cm³/mol. The molecule has 0 saturated heterocycles. The Balaban J connectivity index is 2.57. The molecule has 1 atom stereocenters. The normalized spacial score (nSPS) is 13.5. The van der Waals surface area contributed by atoms with Gasteiger partial charge in [0.2, 0.25) is 0 Å². The van der Waals surface area contributed by atoms with E-state index in [2.05, 4.69) is 35.3 Å². The van der Waals surface area contributed by atoms with Gasteiger partial charge in [-0.1, -0.05) is 13.3 Å². The van der Waals surface area contributed by atoms with E-state index in [4.69, 9.17) is 5.73 Å². The second kappa shape index (κ2) is 4.84. The van der Waals surface area contributed by atoms with Crippen LogP contribution in [-0.4, -0.2) is 14.5 Å². The largest absolute Gasteiger partial charge is 0.321 e. The molecule has 0 spiro atoms. The van der Waals surface area contributed by atoms with Gasteiger partial charge in [0.25, 0.3) is 0 Å². The summed E-state index contributed by atoms with van der Waals surface area (Å²) in [6.07, 6.45) is 3.82. The Bertz CT molecular complexity index is 501. The van der Waals surface area contributed by atoms with Crippen molar-refractivity contribution in [2.75, 3.05) is 0 Å². The van der Waals surface area contributed by atoms with Crippen LogP contribution in [0, 0.1) is 0 Å². The lowest BCUT2D eigenvalue weighted by molar-refractivity contribution is 0.517. The fourth-order valence-electron chi connectivity index (χ4n) is 2.16. The second-order valence-electron chi connectivity index (χ2n) is 4.68. The molecule has 2 aromatic rings. The van der Waals surface area contributed by atoms with Crippen LogP contribution >= 0.6 is 0 Å². The first-order valence-electron chi connectivity index (χ1n) is 6.23. The number of hydrogen-bond acceptors (Lipinski definition) is 3. The lowest BCUT2D eigenvalue weighted by atomic mass is 10.1. The molecule has 2 N–H and O–H groups in total. The Morgan fingerprint density at radius 3 is 2.82 bits per heavy atom. The maximum Gasteiger partial charge on any atom is 0.160 e. The van der Waals surface area contributed by atoms with Crippen LogP contribution in [0.5, 0.6) is 0 Å². The first-order valence-corrected chi connectivity index (χ1v) is 6.23. The maximum absolute atomic E-state index is 6.20. The van der Waals surface area contributed by atoms with Crippen LogP contribution < -0.4 is 5.73 Å². The summed E-state index contributed by atoms with van der Waals surface area (Å²) >= 11 is 0. The fourth-order valence-corrected chi connectivity index (χ4v) is 2.16. The molecule has 0 aliphatic carbocycles. The minimum absolute atomic E-state index is 0.00315. The minimum atomic E-state index is -0.00315. The zero-order valence-corrected chi connectivity index (χ0v) is 10.7. The van der Waals surface area contributed by atoms with Crippen molar-refractivity contribution >= 4 is 11.2 Å². The van der Waals surface area contributed by atoms with Crippen LogP contribution in [0.1, 0.15) is 51.5 Å². The van der Waals surface area contributed by atoms with Gasteiger partial charge in [0.15, 0.2) is 5.65 Å². The van der Waals surface area contributed by atoms with Crippen molar-refractivity contribution in [3.63, 3.8) is 0 Å². The van der Waals surface area contributed by atoms with E-state index in [1.54, 1.807) is 6.20 Å². The molecule has 0 aliphatic heterocycles. The number of aromatic nitrogens is 3. The van der Waals surface area contributed by atoms with E-state index in [0.717, 1.165) is 29.8 Å². The van der Waals surface area contributed by atoms with Crippen molar-refractivity contribution in [1.82, 2.24) is 14.5 Å². The molecule has 1 unspecified atom stereocenters. The van der Waals surface area contributed by atoms with Crippen molar-refractivity contribution < 1.29 is 0 Å². The van der Waals surface area contributed by atoms with Gasteiger partial charge >= 0.3 is 0 Å². The third kappa shape index (κ3) is 2.17. The first-order chi connectivity index (χ1) is 8.15. The average Bonchev–Trinajstić information content (AvgIpc) is 2.68. The molecule has 17 heavy (non-hydrogen) atoms. The summed E-state index contributed by atoms with van der Waals surface area (Å²) in [4.78, 5) is 9.04. The molecule has 4 nitrogen and oxygen atoms in total. The summed E-state index contributed by atoms with van der Waals surface area (Å²) < 4.78 is 2.15. The van der Waals surface area contributed by atoms with Gasteiger partial charge in [0.1, 0.15) is 11.3 Å². The summed E-state index contributed by atoms with van der Waals surface area (Å²) in [5, 5.41) is 0. The van der Waals surface area contributed by atoms with E-state index in [-0.39, 0.29) is 6.04 Å². The van der Waals surface area contributed by atoms with Gasteiger partial charge in [-0.05, 0) is 32.4 Å². The molecule has 2 rings (SSSR count). The number of pyridine rings is 1. The van der Waals surface area contributed by atoms with Crippen molar-refractivity contribution in [2.24, 2.45) is 5.73 Å². The van der Waals surface area contributed by atoms with Crippen molar-refractivity contribution in [3.05, 3.63) is 24.2 Å². The highest BCUT2D eigenvalue weighted by atomic mass is 15.2. The molecule has 0 saturated carbocycles. The van der Waals surface area contributed by atoms with E-state index in [0.29, 0.717) is 6.04 Å². The first kappa shape index (κ1) is 12.0. The fraction of sp³-hybridized carbons (Fsp3) is 0.538. The monoisotopic (exact) mass is 232 g/mol. The molecule has 2 heterocycles. The molecule has 2 aromatic heterocycles. The van der Waals surface area contributed by atoms with E-state index in [9.17, 15) is 0 Å². The lowest BCUT2D eigenvalue weighted by Crippen LogP contribution is -2.18. The number of rotatable bonds is 4. The summed E-state index contributed by atoms with van der Waals surface area (Å²) in [7, 11) is 0. The smallest absolute Gasteiger partial charge is 0.160 e. The lowest BCUT2D eigenvalue weighted by Gasteiger charge is -2.16. The van der Waals surface area contributed by atoms with Crippen LogP contribution in [0.4, 0.5) is 0 Å². The quantitative estimate of drug-likeness (QED) is 0.881. The highest BCUT2D eigenvalue weighted by Crippen LogP contribution is 2.24. The van der Waals surface area contributed by atoms with Crippen LogP contribution in [0.3, 0.4) is 0 Å². The Hall–Kier alpha value is -1.42. The van der Waals surface area contributed by atoms with E-state index >= 15 is 0 Å². The molecule has 0 radical (unpaired) electrons. The van der Waals surface area contributed by atoms with Crippen LogP contribution in [0.25, 0.3) is 11.2 Å². The van der Waals surface area contributed by atoms with Crippen LogP contribution in [-0.2, 0) is 0 Å². The average molecular weight is 232 g/mol. The molecule has 0 aromatic carbocycles. The van der Waals surface area contributed by atoms with E-state index in [1.807, 2.05) is 12.1 Å². The molecular formula is C13H20N4. The molecule has 92 valence electrons. The summed E-state index contributed by atoms with van der Waals surface area (Å²) in [5.74, 6) is 0.954. The van der Waals surface area contributed by atoms with Gasteiger partial charge in [-0.15, -0.1) is 0 Å². The van der Waals surface area contributed by atoms with Crippen LogP contribution in [0.15, 0.2) is 18.3 Å². The van der Waals surface area contributed by atoms with Gasteiger partial charge in [0, 0.05) is 12.2 Å². The third-order valence-electron chi connectivity index (χ3n) is 2.92. The number of nitrogens with two attached hydrogens (primary N) is 1. The van der Waals surface area contributed by atoms with Crippen LogP contribution in [0.2, 0.25) is 0 Å². The van der Waals surface area contributed by atoms with E-state index < -0.39 is 0 Å². The number of hydrogen-bond donors (Lipinski definition) is 1. The highest BCUT2D eigenvalue weighted by Gasteiger charge is 2.18. The van der Waals surface area contributed by atoms with Gasteiger partial charge < -0.3 is 10.3 Å². The van der Waals surface area contributed by atoms with Crippen molar-refractivity contribution in [1.29, 1.82) is 0 Å². The standard InChI is InChI=1S/C13H20N4/c1-4-6-10(14)12-16-11-7-5-8-15-13(11)17(12)9(2)3/h5,7-10H,4,6,14H2,1-3H3. The molecule has 0 aliphatic rings. The van der Waals surface area contributed by atoms with E-state index in [1.165, 1.54) is 0 Å². The zero-order valence-electron chi connectivity index (χ0n) is 10.7. The molecule has 0 fully saturated rings. The summed E-state index contributed by atoms with van der Waals surface area (Å²) in [5.41, 5.74) is 8.06. The molecular weight excluding hydrogens is 212 g/mol. The van der Waals surface area contributed by atoms with Crippen molar-refractivity contribution in [3.8, 4) is 0 Å². The summed E-state index contributed by atoms with van der Waals surface area (Å²) in [6.45, 7) is 6.41. The predicted octanol–water partition coefficient (Wildman–Crippen LogP) is 2.81. The van der Waals surface area contributed by atoms with Gasteiger partial charge in [0.05, 0.1) is 6.04 Å². The number of imidazole rings is 1. The van der Waals surface area contributed by atoms with Gasteiger partial charge in [-0.2, -0.15) is 0 Å². The molecule has 4 heteroatoms. The molecule has 0 bridgehead atoms. The Morgan fingerprint density at radius 1 is 1.41 bits per heavy atom. The van der Waals surface area contributed by atoms with Gasteiger partial charge in [-0.25, -0.2) is 9.97 Å². The Morgan fingerprint density at radius 2 is 2.18 bits per heavy atom. The number of fused-ring (bicyclic) bond motifs is 1. The SMILES string of the molecule is CCCC(N)c1nc2cccnc2n1C(C)C. The Labute approximate surface area is 102 Å². The topological polar surface area (TPSA) is 56.7 Å². The van der Waals surface area contributed by atoms with Gasteiger partial charge in [-0.3, -0.25) is 0 Å². The summed E-state index contributed by atoms with van der Waals surface area (Å²) in [6, 6.07) is 4.22. The maximum atomic E-state index is 6.20. The minimum Gasteiger partial charge on any atom is -0.321 e. The second-order valence-corrected chi connectivity index (χ2v) is 4.68. The Kier molecular flexibility index (Phi) is 3.43. The third-order valence-corrected chi connectivity index (χ3v) is 2.92. The molecule has 0 amide bonds. The number of nitrogens with zero attached hydrogens (tertiary/aromatic N) is 3. The zero-order chi connectivity index (χ0) is 12.4. The highest BCUT2D eigenvalue weighted by molar-refractivity contribution is 5.71.